The summed E-state index contributed by atoms with van der Waals surface area (Å²) in [6.45, 7) is 0.883. The van der Waals surface area contributed by atoms with Gasteiger partial charge in [-0.25, -0.2) is 9.18 Å². The summed E-state index contributed by atoms with van der Waals surface area (Å²) in [6, 6.07) is 4.08. The lowest BCUT2D eigenvalue weighted by Crippen LogP contribution is -2.45. The van der Waals surface area contributed by atoms with E-state index in [0.29, 0.717) is 5.69 Å². The first-order valence-corrected chi connectivity index (χ1v) is 9.45. The van der Waals surface area contributed by atoms with Crippen LogP contribution in [0.4, 0.5) is 10.1 Å². The van der Waals surface area contributed by atoms with Crippen molar-refractivity contribution >= 4 is 29.4 Å². The molecule has 3 aliphatic rings. The standard InChI is InChI=1S/C20H21FN2O5/c1-10(20(27)28-9-15(24)22-14-6-4-13(21)5-7-14)23-18(25)16-11-2-3-12(8-11)17(16)19(23)26/h4-7,10-12,16-17H,2-3,8-9H2,1H3,(H,22,24)/t10-,11-,12+,16-,17+/m1/s1. The molecule has 0 aromatic heterocycles. The number of hydrogen-bond acceptors (Lipinski definition) is 5. The minimum Gasteiger partial charge on any atom is -0.454 e. The van der Waals surface area contributed by atoms with Crippen molar-refractivity contribution in [3.63, 3.8) is 0 Å². The van der Waals surface area contributed by atoms with Gasteiger partial charge in [0.25, 0.3) is 5.91 Å². The van der Waals surface area contributed by atoms with Crippen LogP contribution in [-0.4, -0.2) is 41.2 Å². The number of fused-ring (bicyclic) bond motifs is 5. The Morgan fingerprint density at radius 1 is 1.14 bits per heavy atom. The monoisotopic (exact) mass is 388 g/mol. The molecule has 5 atom stereocenters. The molecule has 2 saturated carbocycles. The summed E-state index contributed by atoms with van der Waals surface area (Å²) in [7, 11) is 0. The number of rotatable bonds is 5. The molecule has 1 aromatic rings. The molecule has 2 bridgehead atoms. The summed E-state index contributed by atoms with van der Waals surface area (Å²) in [5.41, 5.74) is 0.365. The number of likely N-dealkylation sites (tertiary alicyclic amines) is 1. The molecule has 0 spiro atoms. The largest absolute Gasteiger partial charge is 0.454 e. The lowest BCUT2D eigenvalue weighted by Gasteiger charge is -2.23. The molecule has 3 fully saturated rings. The van der Waals surface area contributed by atoms with Crippen LogP contribution in [0.3, 0.4) is 0 Å². The second-order valence-electron chi connectivity index (χ2n) is 7.77. The fraction of sp³-hybridized carbons (Fsp3) is 0.500. The van der Waals surface area contributed by atoms with E-state index in [9.17, 15) is 23.6 Å². The number of imide groups is 1. The minimum atomic E-state index is -1.07. The highest BCUT2D eigenvalue weighted by Crippen LogP contribution is 2.56. The third-order valence-electron chi connectivity index (χ3n) is 6.16. The molecule has 3 amide bonds. The van der Waals surface area contributed by atoms with Gasteiger partial charge < -0.3 is 10.1 Å². The Morgan fingerprint density at radius 2 is 1.71 bits per heavy atom. The quantitative estimate of drug-likeness (QED) is 0.613. The van der Waals surface area contributed by atoms with Crippen LogP contribution in [-0.2, 0) is 23.9 Å². The number of carbonyl (C=O) groups excluding carboxylic acids is 4. The topological polar surface area (TPSA) is 92.8 Å². The molecular weight excluding hydrogens is 367 g/mol. The Balaban J connectivity index is 1.33. The van der Waals surface area contributed by atoms with Crippen LogP contribution in [0.5, 0.6) is 0 Å². The Kier molecular flexibility index (Phi) is 4.64. The van der Waals surface area contributed by atoms with Crippen molar-refractivity contribution in [3.05, 3.63) is 30.1 Å². The summed E-state index contributed by atoms with van der Waals surface area (Å²) in [4.78, 5) is 50.7. The molecule has 1 N–H and O–H groups in total. The van der Waals surface area contributed by atoms with Gasteiger partial charge in [0.15, 0.2) is 6.61 Å². The van der Waals surface area contributed by atoms with Gasteiger partial charge in [0, 0.05) is 5.69 Å². The van der Waals surface area contributed by atoms with Gasteiger partial charge in [-0.05, 0) is 62.3 Å². The van der Waals surface area contributed by atoms with Crippen molar-refractivity contribution in [2.75, 3.05) is 11.9 Å². The third-order valence-corrected chi connectivity index (χ3v) is 6.16. The number of amides is 3. The summed E-state index contributed by atoms with van der Waals surface area (Å²) in [5.74, 6) is -2.54. The average Bonchev–Trinajstić information content (AvgIpc) is 3.35. The van der Waals surface area contributed by atoms with Gasteiger partial charge in [-0.15, -0.1) is 0 Å². The fourth-order valence-corrected chi connectivity index (χ4v) is 4.91. The molecule has 1 saturated heterocycles. The number of nitrogens with one attached hydrogen (secondary N) is 1. The van der Waals surface area contributed by atoms with Crippen molar-refractivity contribution in [1.29, 1.82) is 0 Å². The van der Waals surface area contributed by atoms with Crippen LogP contribution in [0.2, 0.25) is 0 Å². The molecule has 28 heavy (non-hydrogen) atoms. The number of hydrogen-bond donors (Lipinski definition) is 1. The van der Waals surface area contributed by atoms with E-state index in [1.54, 1.807) is 0 Å². The summed E-state index contributed by atoms with van der Waals surface area (Å²) in [6.07, 6.45) is 2.84. The van der Waals surface area contributed by atoms with Crippen LogP contribution in [0.1, 0.15) is 26.2 Å². The Bertz CT molecular complexity index is 812. The lowest BCUT2D eigenvalue weighted by atomic mass is 9.81. The zero-order chi connectivity index (χ0) is 20.0. The van der Waals surface area contributed by atoms with E-state index < -0.39 is 30.3 Å². The second kappa shape index (κ2) is 7.00. The van der Waals surface area contributed by atoms with Crippen molar-refractivity contribution in [2.24, 2.45) is 23.7 Å². The average molecular weight is 388 g/mol. The van der Waals surface area contributed by atoms with Crippen LogP contribution in [0.25, 0.3) is 0 Å². The Hall–Kier alpha value is -2.77. The van der Waals surface area contributed by atoms with Crippen LogP contribution in [0, 0.1) is 29.5 Å². The van der Waals surface area contributed by atoms with Crippen LogP contribution < -0.4 is 5.32 Å². The SMILES string of the molecule is C[C@H](C(=O)OCC(=O)Nc1ccc(F)cc1)N1C(=O)[C@@H]2[C@@H]3CC[C@@H](C3)[C@@H]2C1=O. The smallest absolute Gasteiger partial charge is 0.329 e. The van der Waals surface area contributed by atoms with Gasteiger partial charge in [-0.2, -0.15) is 0 Å². The summed E-state index contributed by atoms with van der Waals surface area (Å²) in [5, 5.41) is 2.47. The minimum absolute atomic E-state index is 0.237. The molecule has 1 heterocycles. The van der Waals surface area contributed by atoms with Crippen molar-refractivity contribution in [2.45, 2.75) is 32.2 Å². The number of anilines is 1. The summed E-state index contributed by atoms with van der Waals surface area (Å²) >= 11 is 0. The van der Waals surface area contributed by atoms with Crippen molar-refractivity contribution in [3.8, 4) is 0 Å². The first-order valence-electron chi connectivity index (χ1n) is 9.45. The molecular formula is C20H21FN2O5. The number of benzene rings is 1. The maximum absolute atomic E-state index is 12.9. The van der Waals surface area contributed by atoms with Crippen molar-refractivity contribution in [1.82, 2.24) is 4.90 Å². The number of ether oxygens (including phenoxy) is 1. The molecule has 8 heteroatoms. The molecule has 148 valence electrons. The first-order chi connectivity index (χ1) is 13.4. The highest BCUT2D eigenvalue weighted by Gasteiger charge is 2.62. The predicted octanol–water partition coefficient (Wildman–Crippen LogP) is 1.73. The Labute approximate surface area is 161 Å². The van der Waals surface area contributed by atoms with Gasteiger partial charge >= 0.3 is 5.97 Å². The van der Waals surface area contributed by atoms with Gasteiger partial charge in [0.05, 0.1) is 11.8 Å². The summed E-state index contributed by atoms with van der Waals surface area (Å²) < 4.78 is 17.9. The molecule has 0 radical (unpaired) electrons. The van der Waals surface area contributed by atoms with E-state index in [-0.39, 0.29) is 35.5 Å². The maximum atomic E-state index is 12.9. The molecule has 2 aliphatic carbocycles. The highest BCUT2D eigenvalue weighted by atomic mass is 19.1. The molecule has 4 rings (SSSR count). The van der Waals surface area contributed by atoms with Crippen molar-refractivity contribution < 1.29 is 28.3 Å². The number of esters is 1. The van der Waals surface area contributed by atoms with E-state index in [2.05, 4.69) is 5.32 Å². The maximum Gasteiger partial charge on any atom is 0.329 e. The van der Waals surface area contributed by atoms with Gasteiger partial charge in [0.2, 0.25) is 11.8 Å². The highest BCUT2D eigenvalue weighted by molar-refractivity contribution is 6.08. The normalized spacial score (nSPS) is 29.0. The molecule has 0 unspecified atom stereocenters. The fourth-order valence-electron chi connectivity index (χ4n) is 4.91. The molecule has 7 nitrogen and oxygen atoms in total. The number of halogens is 1. The first kappa shape index (κ1) is 18.6. The van der Waals surface area contributed by atoms with E-state index in [4.69, 9.17) is 4.74 Å². The van der Waals surface area contributed by atoms with E-state index >= 15 is 0 Å². The number of nitrogens with zero attached hydrogens (tertiary/aromatic N) is 1. The van der Waals surface area contributed by atoms with Gasteiger partial charge in [-0.3, -0.25) is 19.3 Å². The van der Waals surface area contributed by atoms with E-state index in [0.717, 1.165) is 24.2 Å². The van der Waals surface area contributed by atoms with E-state index in [1.165, 1.54) is 31.2 Å². The zero-order valence-corrected chi connectivity index (χ0v) is 15.4. The second-order valence-corrected chi connectivity index (χ2v) is 7.77. The molecule has 1 aliphatic heterocycles. The van der Waals surface area contributed by atoms with Crippen LogP contribution in [0.15, 0.2) is 24.3 Å². The lowest BCUT2D eigenvalue weighted by molar-refractivity contribution is -0.159. The van der Waals surface area contributed by atoms with Gasteiger partial charge in [-0.1, -0.05) is 0 Å². The third kappa shape index (κ3) is 3.06. The van der Waals surface area contributed by atoms with Gasteiger partial charge in [0.1, 0.15) is 11.9 Å². The zero-order valence-electron chi connectivity index (χ0n) is 15.4. The Morgan fingerprint density at radius 3 is 2.29 bits per heavy atom. The van der Waals surface area contributed by atoms with E-state index in [1.807, 2.05) is 0 Å². The van der Waals surface area contributed by atoms with Crippen LogP contribution >= 0.6 is 0 Å². The molecule has 1 aromatic carbocycles. The predicted molar refractivity (Wildman–Crippen MR) is 95.1 cm³/mol. The number of carbonyl (C=O) groups is 4.